The van der Waals surface area contributed by atoms with Gasteiger partial charge in [-0.05, 0) is 31.9 Å². The lowest BCUT2D eigenvalue weighted by molar-refractivity contribution is -0.0481. The summed E-state index contributed by atoms with van der Waals surface area (Å²) in [4.78, 5) is 24.0. The van der Waals surface area contributed by atoms with E-state index in [4.69, 9.17) is 14.0 Å². The summed E-state index contributed by atoms with van der Waals surface area (Å²) < 4.78 is 29.0. The summed E-state index contributed by atoms with van der Waals surface area (Å²) in [6, 6.07) is 2.83. The Morgan fingerprint density at radius 2 is 2.07 bits per heavy atom. The van der Waals surface area contributed by atoms with Crippen molar-refractivity contribution < 1.29 is 33.7 Å². The van der Waals surface area contributed by atoms with E-state index < -0.39 is 43.0 Å². The SMILES string of the molecule is CCC(C)(CC1OC(c2ccc(=O)[nH]c2)C(O)C1O)OP(=O)(O)C1(C)CO1. The van der Waals surface area contributed by atoms with Gasteiger partial charge in [0.25, 0.3) is 0 Å². The molecule has 0 radical (unpaired) electrons. The number of aliphatic hydroxyl groups excluding tert-OH is 2. The van der Waals surface area contributed by atoms with Gasteiger partial charge < -0.3 is 34.1 Å². The van der Waals surface area contributed by atoms with E-state index in [0.717, 1.165) is 0 Å². The predicted octanol–water partition coefficient (Wildman–Crippen LogP) is 1.04. The summed E-state index contributed by atoms with van der Waals surface area (Å²) >= 11 is 0. The first kappa shape index (κ1) is 20.7. The van der Waals surface area contributed by atoms with Crippen LogP contribution >= 0.6 is 7.60 Å². The second-order valence-corrected chi connectivity index (χ2v) is 9.81. The third-order valence-electron chi connectivity index (χ3n) is 5.38. The smallest absolute Gasteiger partial charge is 0.362 e. The van der Waals surface area contributed by atoms with Crippen LogP contribution in [0.4, 0.5) is 0 Å². The molecule has 2 aliphatic heterocycles. The molecular weight excluding hydrogens is 377 g/mol. The number of aromatic amines is 1. The first-order valence-electron chi connectivity index (χ1n) is 8.88. The van der Waals surface area contributed by atoms with Gasteiger partial charge in [-0.2, -0.15) is 0 Å². The number of ether oxygens (including phenoxy) is 2. The average Bonchev–Trinajstić information content (AvgIpc) is 3.31. The number of epoxide rings is 1. The summed E-state index contributed by atoms with van der Waals surface area (Å²) in [7, 11) is -4.04. The quantitative estimate of drug-likeness (QED) is 0.391. The molecule has 7 unspecified atom stereocenters. The van der Waals surface area contributed by atoms with Crippen molar-refractivity contribution in [3.63, 3.8) is 0 Å². The molecule has 7 atom stereocenters. The van der Waals surface area contributed by atoms with Crippen molar-refractivity contribution in [3.8, 4) is 0 Å². The van der Waals surface area contributed by atoms with Crippen LogP contribution in [-0.2, 0) is 18.6 Å². The molecule has 2 saturated heterocycles. The molecule has 2 aliphatic rings. The zero-order valence-electron chi connectivity index (χ0n) is 15.5. The highest BCUT2D eigenvalue weighted by Crippen LogP contribution is 2.65. The fourth-order valence-electron chi connectivity index (χ4n) is 3.13. The molecule has 2 fully saturated rings. The zero-order chi connectivity index (χ0) is 20.0. The zero-order valence-corrected chi connectivity index (χ0v) is 16.4. The Kier molecular flexibility index (Phi) is 5.42. The number of hydrogen-bond donors (Lipinski definition) is 4. The fraction of sp³-hybridized carbons (Fsp3) is 0.706. The molecule has 3 rings (SSSR count). The lowest BCUT2D eigenvalue weighted by Crippen LogP contribution is -2.39. The van der Waals surface area contributed by atoms with Crippen LogP contribution in [0.1, 0.15) is 45.3 Å². The third-order valence-corrected chi connectivity index (χ3v) is 7.53. The summed E-state index contributed by atoms with van der Waals surface area (Å²) in [5, 5.41) is 19.6. The minimum atomic E-state index is -4.04. The van der Waals surface area contributed by atoms with E-state index in [9.17, 15) is 24.5 Å². The van der Waals surface area contributed by atoms with Crippen molar-refractivity contribution in [2.75, 3.05) is 6.61 Å². The minimum Gasteiger partial charge on any atom is -0.388 e. The molecule has 0 spiro atoms. The molecule has 1 aromatic heterocycles. The Labute approximate surface area is 156 Å². The van der Waals surface area contributed by atoms with Crippen molar-refractivity contribution >= 4 is 7.60 Å². The highest BCUT2D eigenvalue weighted by atomic mass is 31.2. The number of nitrogens with one attached hydrogen (secondary N) is 1. The van der Waals surface area contributed by atoms with E-state index in [0.29, 0.717) is 12.0 Å². The van der Waals surface area contributed by atoms with E-state index >= 15 is 0 Å². The molecule has 3 heterocycles. The van der Waals surface area contributed by atoms with Crippen molar-refractivity contribution in [1.29, 1.82) is 0 Å². The standard InChI is InChI=1S/C17H26NO8P/c1-4-16(2,26-27(22,23)17(3)9-24-17)7-11-13(20)14(21)15(25-11)10-5-6-12(19)18-8-10/h5-6,8,11,13-15,20-21H,4,7,9H2,1-3H3,(H,18,19)(H,22,23). The van der Waals surface area contributed by atoms with E-state index in [-0.39, 0.29) is 18.6 Å². The first-order valence-corrected chi connectivity index (χ1v) is 10.5. The van der Waals surface area contributed by atoms with Gasteiger partial charge >= 0.3 is 7.60 Å². The molecule has 0 aromatic carbocycles. The summed E-state index contributed by atoms with van der Waals surface area (Å²) in [6.45, 7) is 5.13. The molecule has 0 saturated carbocycles. The number of rotatable bonds is 7. The van der Waals surface area contributed by atoms with Crippen LogP contribution in [0, 0.1) is 0 Å². The van der Waals surface area contributed by atoms with Gasteiger partial charge in [0.15, 0.2) is 5.34 Å². The van der Waals surface area contributed by atoms with Gasteiger partial charge in [-0.25, -0.2) is 0 Å². The monoisotopic (exact) mass is 403 g/mol. The van der Waals surface area contributed by atoms with Crippen LogP contribution in [-0.4, -0.2) is 56.0 Å². The summed E-state index contributed by atoms with van der Waals surface area (Å²) in [6.07, 6.45) is -2.13. The topological polar surface area (TPSA) is 142 Å². The number of aliphatic hydroxyl groups is 2. The summed E-state index contributed by atoms with van der Waals surface area (Å²) in [5.74, 6) is 0. The van der Waals surface area contributed by atoms with Gasteiger partial charge in [0, 0.05) is 18.7 Å². The van der Waals surface area contributed by atoms with E-state index in [2.05, 4.69) is 4.98 Å². The molecule has 10 heteroatoms. The van der Waals surface area contributed by atoms with Gasteiger partial charge in [0.1, 0.15) is 18.3 Å². The molecule has 0 amide bonds. The molecule has 4 N–H and O–H groups in total. The first-order chi connectivity index (χ1) is 12.5. The third kappa shape index (κ3) is 4.05. The normalized spacial score (nSPS) is 37.6. The van der Waals surface area contributed by atoms with Crippen LogP contribution in [0.15, 0.2) is 23.1 Å². The van der Waals surface area contributed by atoms with Crippen molar-refractivity contribution in [1.82, 2.24) is 4.98 Å². The second-order valence-electron chi connectivity index (χ2n) is 7.65. The van der Waals surface area contributed by atoms with Gasteiger partial charge in [-0.15, -0.1) is 0 Å². The molecule has 27 heavy (non-hydrogen) atoms. The van der Waals surface area contributed by atoms with Crippen LogP contribution in [0.3, 0.4) is 0 Å². The molecule has 0 aliphatic carbocycles. The molecule has 1 aromatic rings. The minimum absolute atomic E-state index is 0.0994. The number of aromatic nitrogens is 1. The van der Waals surface area contributed by atoms with Crippen molar-refractivity contribution in [2.45, 2.75) is 69.0 Å². The Hall–Kier alpha value is -1.06. The maximum atomic E-state index is 12.5. The Bertz CT molecular complexity index is 773. The van der Waals surface area contributed by atoms with Gasteiger partial charge in [-0.3, -0.25) is 9.36 Å². The van der Waals surface area contributed by atoms with Gasteiger partial charge in [-0.1, -0.05) is 6.92 Å². The lowest BCUT2D eigenvalue weighted by atomic mass is 9.92. The number of H-pyrrole nitrogens is 1. The van der Waals surface area contributed by atoms with E-state index in [1.807, 2.05) is 0 Å². The maximum absolute atomic E-state index is 12.5. The predicted molar refractivity (Wildman–Crippen MR) is 95.3 cm³/mol. The van der Waals surface area contributed by atoms with Crippen molar-refractivity contribution in [3.05, 3.63) is 34.2 Å². The highest BCUT2D eigenvalue weighted by molar-refractivity contribution is 7.54. The molecule has 9 nitrogen and oxygen atoms in total. The van der Waals surface area contributed by atoms with Crippen LogP contribution in [0.5, 0.6) is 0 Å². The maximum Gasteiger partial charge on any atom is 0.362 e. The summed E-state index contributed by atoms with van der Waals surface area (Å²) in [5.41, 5.74) is -0.830. The highest BCUT2D eigenvalue weighted by Gasteiger charge is 2.59. The number of pyridine rings is 1. The van der Waals surface area contributed by atoms with Crippen LogP contribution in [0.25, 0.3) is 0 Å². The molecule has 152 valence electrons. The largest absolute Gasteiger partial charge is 0.388 e. The average molecular weight is 403 g/mol. The van der Waals surface area contributed by atoms with Crippen LogP contribution in [0.2, 0.25) is 0 Å². The van der Waals surface area contributed by atoms with Crippen LogP contribution < -0.4 is 5.56 Å². The Morgan fingerprint density at radius 3 is 2.59 bits per heavy atom. The Balaban J connectivity index is 1.74. The lowest BCUT2D eigenvalue weighted by Gasteiger charge is -2.34. The van der Waals surface area contributed by atoms with Gasteiger partial charge in [0.2, 0.25) is 5.56 Å². The molecular formula is C17H26NO8P. The van der Waals surface area contributed by atoms with Gasteiger partial charge in [0.05, 0.1) is 18.3 Å². The Morgan fingerprint density at radius 1 is 1.41 bits per heavy atom. The second kappa shape index (κ2) is 7.08. The van der Waals surface area contributed by atoms with E-state index in [1.165, 1.54) is 25.3 Å². The van der Waals surface area contributed by atoms with E-state index in [1.54, 1.807) is 13.8 Å². The fourth-order valence-corrected chi connectivity index (χ4v) is 4.51. The van der Waals surface area contributed by atoms with Crippen molar-refractivity contribution in [2.24, 2.45) is 0 Å². The molecule has 0 bridgehead atoms. The number of hydrogen-bond acceptors (Lipinski definition) is 7.